The molecular formula is C14H20ClFN2. The van der Waals surface area contributed by atoms with Crippen molar-refractivity contribution in [2.24, 2.45) is 17.6 Å². The van der Waals surface area contributed by atoms with Gasteiger partial charge in [0.25, 0.3) is 0 Å². The molecule has 18 heavy (non-hydrogen) atoms. The molecule has 3 unspecified atom stereocenters. The molecule has 0 bridgehead atoms. The standard InChI is InChI=1S/C14H20ClFN2/c1-9-5-11(9)8-18(2)14(7-17)10-3-4-13(16)12(15)6-10/h3-4,6,9,11,14H,5,7-8,17H2,1-2H3. The van der Waals surface area contributed by atoms with Gasteiger partial charge in [-0.25, -0.2) is 4.39 Å². The smallest absolute Gasteiger partial charge is 0.141 e. The molecule has 0 spiro atoms. The van der Waals surface area contributed by atoms with Crippen molar-refractivity contribution in [1.82, 2.24) is 4.90 Å². The summed E-state index contributed by atoms with van der Waals surface area (Å²) in [7, 11) is 2.07. The van der Waals surface area contributed by atoms with Crippen molar-refractivity contribution >= 4 is 11.6 Å². The lowest BCUT2D eigenvalue weighted by atomic mass is 10.1. The van der Waals surface area contributed by atoms with Crippen LogP contribution in [0.1, 0.15) is 24.9 Å². The van der Waals surface area contributed by atoms with E-state index < -0.39 is 0 Å². The quantitative estimate of drug-likeness (QED) is 0.891. The molecule has 0 amide bonds. The highest BCUT2D eigenvalue weighted by Gasteiger charge is 2.34. The summed E-state index contributed by atoms with van der Waals surface area (Å²) in [6.45, 7) is 3.82. The Labute approximate surface area is 113 Å². The average Bonchev–Trinajstić information content (AvgIpc) is 3.00. The van der Waals surface area contributed by atoms with Gasteiger partial charge >= 0.3 is 0 Å². The number of rotatable bonds is 5. The third-order valence-electron chi connectivity index (χ3n) is 3.88. The van der Waals surface area contributed by atoms with E-state index in [-0.39, 0.29) is 16.9 Å². The van der Waals surface area contributed by atoms with Crippen LogP contribution in [0.3, 0.4) is 0 Å². The van der Waals surface area contributed by atoms with E-state index in [2.05, 4.69) is 18.9 Å². The molecule has 1 aromatic carbocycles. The highest BCUT2D eigenvalue weighted by molar-refractivity contribution is 6.30. The molecule has 1 saturated carbocycles. The summed E-state index contributed by atoms with van der Waals surface area (Å²) >= 11 is 5.83. The first-order chi connectivity index (χ1) is 8.52. The van der Waals surface area contributed by atoms with Crippen molar-refractivity contribution in [3.05, 3.63) is 34.6 Å². The van der Waals surface area contributed by atoms with Crippen LogP contribution < -0.4 is 5.73 Å². The van der Waals surface area contributed by atoms with Crippen molar-refractivity contribution in [1.29, 1.82) is 0 Å². The fourth-order valence-corrected chi connectivity index (χ4v) is 2.63. The van der Waals surface area contributed by atoms with Crippen molar-refractivity contribution in [3.63, 3.8) is 0 Å². The molecule has 0 aliphatic heterocycles. The first-order valence-corrected chi connectivity index (χ1v) is 6.76. The lowest BCUT2D eigenvalue weighted by molar-refractivity contribution is 0.237. The molecule has 0 aromatic heterocycles. The zero-order chi connectivity index (χ0) is 13.3. The van der Waals surface area contributed by atoms with Crippen LogP contribution in [0.15, 0.2) is 18.2 Å². The molecule has 2 nitrogen and oxygen atoms in total. The van der Waals surface area contributed by atoms with Gasteiger partial charge in [0.15, 0.2) is 0 Å². The molecule has 1 aliphatic carbocycles. The summed E-state index contributed by atoms with van der Waals surface area (Å²) in [4.78, 5) is 2.25. The number of likely N-dealkylation sites (N-methyl/N-ethyl adjacent to an activating group) is 1. The van der Waals surface area contributed by atoms with Gasteiger partial charge in [-0.15, -0.1) is 0 Å². The normalized spacial score (nSPS) is 24.3. The maximum absolute atomic E-state index is 13.2. The third-order valence-corrected chi connectivity index (χ3v) is 4.17. The lowest BCUT2D eigenvalue weighted by Crippen LogP contribution is -2.32. The van der Waals surface area contributed by atoms with Crippen molar-refractivity contribution in [2.75, 3.05) is 20.1 Å². The zero-order valence-corrected chi connectivity index (χ0v) is 11.6. The Bertz CT molecular complexity index is 424. The fourth-order valence-electron chi connectivity index (χ4n) is 2.44. The van der Waals surface area contributed by atoms with E-state index in [4.69, 9.17) is 17.3 Å². The van der Waals surface area contributed by atoms with Gasteiger partial charge in [-0.3, -0.25) is 4.90 Å². The number of hydrogen-bond donors (Lipinski definition) is 1. The molecule has 0 radical (unpaired) electrons. The Morgan fingerprint density at radius 3 is 2.72 bits per heavy atom. The average molecular weight is 271 g/mol. The van der Waals surface area contributed by atoms with E-state index in [1.165, 1.54) is 12.5 Å². The summed E-state index contributed by atoms with van der Waals surface area (Å²) in [5.74, 6) is 1.22. The highest BCUT2D eigenvalue weighted by atomic mass is 35.5. The molecule has 1 aromatic rings. The number of halogens is 2. The molecule has 0 heterocycles. The largest absolute Gasteiger partial charge is 0.329 e. The Kier molecular flexibility index (Phi) is 4.25. The van der Waals surface area contributed by atoms with Crippen molar-refractivity contribution < 1.29 is 4.39 Å². The summed E-state index contributed by atoms with van der Waals surface area (Å²) in [6, 6.07) is 4.97. The Morgan fingerprint density at radius 1 is 1.56 bits per heavy atom. The van der Waals surface area contributed by atoms with Gasteiger partial charge < -0.3 is 5.73 Å². The fraction of sp³-hybridized carbons (Fsp3) is 0.571. The van der Waals surface area contributed by atoms with E-state index in [1.807, 2.05) is 0 Å². The van der Waals surface area contributed by atoms with Crippen LogP contribution in [0.25, 0.3) is 0 Å². The predicted octanol–water partition coefficient (Wildman–Crippen LogP) is 3.07. The lowest BCUT2D eigenvalue weighted by Gasteiger charge is -2.27. The topological polar surface area (TPSA) is 29.3 Å². The Morgan fingerprint density at radius 2 is 2.22 bits per heavy atom. The molecule has 3 atom stereocenters. The molecular weight excluding hydrogens is 251 g/mol. The SMILES string of the molecule is CC1CC1CN(C)C(CN)c1ccc(F)c(Cl)c1. The van der Waals surface area contributed by atoms with E-state index in [0.29, 0.717) is 6.54 Å². The summed E-state index contributed by atoms with van der Waals surface area (Å²) in [5.41, 5.74) is 6.83. The Hall–Kier alpha value is -0.640. The summed E-state index contributed by atoms with van der Waals surface area (Å²) in [6.07, 6.45) is 1.30. The van der Waals surface area contributed by atoms with Gasteiger partial charge in [0.2, 0.25) is 0 Å². The second kappa shape index (κ2) is 5.55. The maximum atomic E-state index is 13.2. The zero-order valence-electron chi connectivity index (χ0n) is 10.9. The van der Waals surface area contributed by atoms with Crippen LogP contribution in [0, 0.1) is 17.7 Å². The molecule has 0 saturated heterocycles. The first kappa shape index (κ1) is 13.8. The predicted molar refractivity (Wildman–Crippen MR) is 73.1 cm³/mol. The van der Waals surface area contributed by atoms with Crippen LogP contribution in [0.4, 0.5) is 4.39 Å². The van der Waals surface area contributed by atoms with Crippen LogP contribution in [0.2, 0.25) is 5.02 Å². The van der Waals surface area contributed by atoms with Crippen molar-refractivity contribution in [3.8, 4) is 0 Å². The molecule has 2 N–H and O–H groups in total. The first-order valence-electron chi connectivity index (χ1n) is 6.38. The van der Waals surface area contributed by atoms with E-state index in [9.17, 15) is 4.39 Å². The van der Waals surface area contributed by atoms with Gasteiger partial charge in [-0.1, -0.05) is 24.6 Å². The molecule has 4 heteroatoms. The summed E-state index contributed by atoms with van der Waals surface area (Å²) < 4.78 is 13.2. The van der Waals surface area contributed by atoms with Crippen LogP contribution in [-0.4, -0.2) is 25.0 Å². The number of benzene rings is 1. The van der Waals surface area contributed by atoms with Crippen LogP contribution in [0.5, 0.6) is 0 Å². The highest BCUT2D eigenvalue weighted by Crippen LogP contribution is 2.39. The maximum Gasteiger partial charge on any atom is 0.141 e. The minimum atomic E-state index is -0.380. The Balaban J connectivity index is 2.08. The van der Waals surface area contributed by atoms with E-state index >= 15 is 0 Å². The molecule has 100 valence electrons. The molecule has 1 fully saturated rings. The van der Waals surface area contributed by atoms with Crippen LogP contribution in [-0.2, 0) is 0 Å². The second-order valence-corrected chi connectivity index (χ2v) is 5.74. The van der Waals surface area contributed by atoms with Crippen LogP contribution >= 0.6 is 11.6 Å². The van der Waals surface area contributed by atoms with Gasteiger partial charge in [-0.05, 0) is 43.0 Å². The second-order valence-electron chi connectivity index (χ2n) is 5.34. The van der Waals surface area contributed by atoms with Gasteiger partial charge in [0, 0.05) is 19.1 Å². The van der Waals surface area contributed by atoms with Gasteiger partial charge in [0.1, 0.15) is 5.82 Å². The molecule has 2 rings (SSSR count). The number of nitrogens with zero attached hydrogens (tertiary/aromatic N) is 1. The number of nitrogens with two attached hydrogens (primary N) is 1. The van der Waals surface area contributed by atoms with Crippen molar-refractivity contribution in [2.45, 2.75) is 19.4 Å². The third kappa shape index (κ3) is 3.02. The summed E-state index contributed by atoms with van der Waals surface area (Å²) in [5, 5.41) is 0.166. The van der Waals surface area contributed by atoms with Gasteiger partial charge in [-0.2, -0.15) is 0 Å². The number of hydrogen-bond acceptors (Lipinski definition) is 2. The van der Waals surface area contributed by atoms with Gasteiger partial charge in [0.05, 0.1) is 5.02 Å². The minimum absolute atomic E-state index is 0.107. The van der Waals surface area contributed by atoms with E-state index in [1.54, 1.807) is 12.1 Å². The molecule has 1 aliphatic rings. The van der Waals surface area contributed by atoms with E-state index in [0.717, 1.165) is 23.9 Å². The monoisotopic (exact) mass is 270 g/mol. The minimum Gasteiger partial charge on any atom is -0.329 e.